The maximum absolute atomic E-state index is 12.9. The van der Waals surface area contributed by atoms with Crippen LogP contribution in [0.15, 0.2) is 29.8 Å². The Morgan fingerprint density at radius 1 is 1.19 bits per heavy atom. The lowest BCUT2D eigenvalue weighted by Gasteiger charge is -2.52. The largest absolute Gasteiger partial charge is 0.461 e. The summed E-state index contributed by atoms with van der Waals surface area (Å²) in [4.78, 5) is 17.8. The summed E-state index contributed by atoms with van der Waals surface area (Å²) in [6.07, 6.45) is 4.59. The van der Waals surface area contributed by atoms with Crippen molar-refractivity contribution in [1.82, 2.24) is 4.90 Å². The van der Waals surface area contributed by atoms with Gasteiger partial charge in [-0.3, -0.25) is 9.69 Å². The highest BCUT2D eigenvalue weighted by atomic mass is 16.6. The number of aryl methyl sites for hydroxylation is 2. The Kier molecular flexibility index (Phi) is 5.61. The summed E-state index contributed by atoms with van der Waals surface area (Å²) in [7, 11) is 0. The van der Waals surface area contributed by atoms with Crippen LogP contribution in [0.3, 0.4) is 0 Å². The number of aliphatic hydroxyl groups is 1. The van der Waals surface area contributed by atoms with E-state index in [-0.39, 0.29) is 29.3 Å². The number of hydrogen-bond acceptors (Lipinski definition) is 5. The van der Waals surface area contributed by atoms with Crippen molar-refractivity contribution in [2.24, 2.45) is 23.2 Å². The second-order valence-electron chi connectivity index (χ2n) is 10.9. The molecule has 174 valence electrons. The van der Waals surface area contributed by atoms with Gasteiger partial charge in [-0.2, -0.15) is 0 Å². The van der Waals surface area contributed by atoms with E-state index in [0.29, 0.717) is 12.5 Å². The third-order valence-electron chi connectivity index (χ3n) is 9.09. The summed E-state index contributed by atoms with van der Waals surface area (Å²) in [5.41, 5.74) is 5.01. The fourth-order valence-electron chi connectivity index (χ4n) is 6.88. The molecule has 0 amide bonds. The molecule has 5 nitrogen and oxygen atoms in total. The van der Waals surface area contributed by atoms with Gasteiger partial charge in [0.1, 0.15) is 6.10 Å². The van der Waals surface area contributed by atoms with E-state index in [1.807, 2.05) is 0 Å². The van der Waals surface area contributed by atoms with Crippen molar-refractivity contribution in [2.45, 2.75) is 59.2 Å². The second kappa shape index (κ2) is 8.18. The highest BCUT2D eigenvalue weighted by Crippen LogP contribution is 2.56. The Hall–Kier alpha value is -1.85. The molecule has 6 atom stereocenters. The van der Waals surface area contributed by atoms with Gasteiger partial charge in [0.25, 0.3) is 0 Å². The van der Waals surface area contributed by atoms with E-state index in [2.05, 4.69) is 61.8 Å². The minimum atomic E-state index is -0.518. The number of carbonyl (C=O) groups is 1. The number of ether oxygens (including phenoxy) is 1. The standard InChI is InChI=1S/C27H38N2O3/c1-17-8-9-22(18(2)14-17)29-12-10-28(11-13-29)16-21-24-23(32-26(21)31)15-20-7-5-6-19(3)27(20,4)25(24)30/h7-9,14,19,21,23-25,30H,5-6,10-13,15-16H2,1-4H3. The number of benzene rings is 1. The molecule has 3 fully saturated rings. The SMILES string of the molecule is Cc1ccc(N2CCN(CC3C(=O)OC4CC5=CCCC(C)C5(C)C(O)C43)CC2)c(C)c1. The van der Waals surface area contributed by atoms with Gasteiger partial charge in [0.05, 0.1) is 12.0 Å². The van der Waals surface area contributed by atoms with Crippen LogP contribution in [-0.2, 0) is 9.53 Å². The first-order valence-corrected chi connectivity index (χ1v) is 12.4. The van der Waals surface area contributed by atoms with Crippen molar-refractivity contribution < 1.29 is 14.6 Å². The molecule has 1 aromatic rings. The molecule has 2 aliphatic carbocycles. The lowest BCUT2D eigenvalue weighted by atomic mass is 9.55. The number of allylic oxidation sites excluding steroid dienone is 1. The lowest BCUT2D eigenvalue weighted by Crippen LogP contribution is -2.55. The monoisotopic (exact) mass is 438 g/mol. The molecule has 1 N–H and O–H groups in total. The molecule has 5 heteroatoms. The fraction of sp³-hybridized carbons (Fsp3) is 0.667. The van der Waals surface area contributed by atoms with E-state index >= 15 is 0 Å². The number of hydrogen-bond donors (Lipinski definition) is 1. The first-order valence-electron chi connectivity index (χ1n) is 12.4. The summed E-state index contributed by atoms with van der Waals surface area (Å²) in [5, 5.41) is 11.6. The van der Waals surface area contributed by atoms with Gasteiger partial charge in [0.2, 0.25) is 0 Å². The normalized spacial score (nSPS) is 37.5. The number of piperazine rings is 1. The number of esters is 1. The van der Waals surface area contributed by atoms with E-state index in [0.717, 1.165) is 45.4 Å². The van der Waals surface area contributed by atoms with Crippen LogP contribution in [0, 0.1) is 37.0 Å². The van der Waals surface area contributed by atoms with E-state index in [1.54, 1.807) is 0 Å². The molecule has 5 rings (SSSR count). The van der Waals surface area contributed by atoms with Gasteiger partial charge in [-0.15, -0.1) is 0 Å². The number of fused-ring (bicyclic) bond motifs is 2. The van der Waals surface area contributed by atoms with Crippen molar-refractivity contribution in [2.75, 3.05) is 37.6 Å². The van der Waals surface area contributed by atoms with Crippen molar-refractivity contribution in [3.05, 3.63) is 41.0 Å². The Morgan fingerprint density at radius 3 is 2.66 bits per heavy atom. The zero-order valence-electron chi connectivity index (χ0n) is 20.0. The highest BCUT2D eigenvalue weighted by molar-refractivity contribution is 5.76. The van der Waals surface area contributed by atoms with Crippen LogP contribution in [0.2, 0.25) is 0 Å². The number of rotatable bonds is 3. The van der Waals surface area contributed by atoms with Crippen LogP contribution >= 0.6 is 0 Å². The molecular formula is C27H38N2O3. The summed E-state index contributed by atoms with van der Waals surface area (Å²) < 4.78 is 5.86. The molecule has 0 spiro atoms. The second-order valence-corrected chi connectivity index (χ2v) is 10.9. The molecular weight excluding hydrogens is 400 g/mol. The summed E-state index contributed by atoms with van der Waals surface area (Å²) in [6.45, 7) is 13.3. The van der Waals surface area contributed by atoms with Crippen molar-refractivity contribution in [3.63, 3.8) is 0 Å². The number of anilines is 1. The van der Waals surface area contributed by atoms with Crippen LogP contribution in [0.5, 0.6) is 0 Å². The minimum Gasteiger partial charge on any atom is -0.461 e. The van der Waals surface area contributed by atoms with E-state index < -0.39 is 6.10 Å². The molecule has 2 aliphatic heterocycles. The Balaban J connectivity index is 1.27. The third kappa shape index (κ3) is 3.49. The van der Waals surface area contributed by atoms with E-state index in [1.165, 1.54) is 22.4 Å². The van der Waals surface area contributed by atoms with E-state index in [9.17, 15) is 9.90 Å². The average molecular weight is 439 g/mol. The van der Waals surface area contributed by atoms with Gasteiger partial charge in [-0.1, -0.05) is 43.2 Å². The molecule has 0 bridgehead atoms. The minimum absolute atomic E-state index is 0.0948. The summed E-state index contributed by atoms with van der Waals surface area (Å²) in [5.74, 6) is 0.000175. The predicted molar refractivity (Wildman–Crippen MR) is 127 cm³/mol. The van der Waals surface area contributed by atoms with Gasteiger partial charge in [0.15, 0.2) is 0 Å². The van der Waals surface area contributed by atoms with Gasteiger partial charge >= 0.3 is 5.97 Å². The summed E-state index contributed by atoms with van der Waals surface area (Å²) in [6, 6.07) is 6.66. The first kappa shape index (κ1) is 22.0. The van der Waals surface area contributed by atoms with Gasteiger partial charge < -0.3 is 14.7 Å². The smallest absolute Gasteiger partial charge is 0.311 e. The zero-order valence-corrected chi connectivity index (χ0v) is 20.0. The quantitative estimate of drug-likeness (QED) is 0.576. The van der Waals surface area contributed by atoms with Crippen molar-refractivity contribution in [1.29, 1.82) is 0 Å². The molecule has 2 heterocycles. The van der Waals surface area contributed by atoms with Crippen LogP contribution in [0.4, 0.5) is 5.69 Å². The van der Waals surface area contributed by atoms with Crippen LogP contribution < -0.4 is 4.90 Å². The first-order chi connectivity index (χ1) is 15.3. The lowest BCUT2D eigenvalue weighted by molar-refractivity contribution is -0.145. The van der Waals surface area contributed by atoms with Gasteiger partial charge in [-0.05, 0) is 44.2 Å². The molecule has 4 aliphatic rings. The third-order valence-corrected chi connectivity index (χ3v) is 9.09. The molecule has 0 radical (unpaired) electrons. The zero-order chi connectivity index (χ0) is 22.6. The Bertz CT molecular complexity index is 919. The molecule has 0 aromatic heterocycles. The average Bonchev–Trinajstić information content (AvgIpc) is 3.06. The van der Waals surface area contributed by atoms with Crippen LogP contribution in [0.25, 0.3) is 0 Å². The molecule has 6 unspecified atom stereocenters. The van der Waals surface area contributed by atoms with Crippen LogP contribution in [-0.4, -0.2) is 60.9 Å². The van der Waals surface area contributed by atoms with Gasteiger partial charge in [-0.25, -0.2) is 0 Å². The maximum atomic E-state index is 12.9. The summed E-state index contributed by atoms with van der Waals surface area (Å²) >= 11 is 0. The van der Waals surface area contributed by atoms with Crippen LogP contribution in [0.1, 0.15) is 44.2 Å². The Labute approximate surface area is 192 Å². The maximum Gasteiger partial charge on any atom is 0.311 e. The molecule has 32 heavy (non-hydrogen) atoms. The number of nitrogens with zero attached hydrogens (tertiary/aromatic N) is 2. The molecule has 1 saturated carbocycles. The Morgan fingerprint density at radius 2 is 1.94 bits per heavy atom. The number of aliphatic hydroxyl groups excluding tert-OH is 1. The van der Waals surface area contributed by atoms with Gasteiger partial charge in [0, 0.05) is 56.2 Å². The topological polar surface area (TPSA) is 53.0 Å². The molecule has 1 aromatic carbocycles. The fourth-order valence-corrected chi connectivity index (χ4v) is 6.88. The van der Waals surface area contributed by atoms with E-state index in [4.69, 9.17) is 4.74 Å². The van der Waals surface area contributed by atoms with Crippen molar-refractivity contribution in [3.8, 4) is 0 Å². The number of carbonyl (C=O) groups excluding carboxylic acids is 1. The van der Waals surface area contributed by atoms with Crippen molar-refractivity contribution >= 4 is 11.7 Å². The highest BCUT2D eigenvalue weighted by Gasteiger charge is 2.59. The molecule has 2 saturated heterocycles. The predicted octanol–water partition coefficient (Wildman–Crippen LogP) is 3.71.